The van der Waals surface area contributed by atoms with Gasteiger partial charge in [0.15, 0.2) is 0 Å². The average Bonchev–Trinajstić information content (AvgIpc) is 2.50. The van der Waals surface area contributed by atoms with Gasteiger partial charge in [0.1, 0.15) is 17.6 Å². The van der Waals surface area contributed by atoms with E-state index in [-0.39, 0.29) is 6.61 Å². The molecule has 3 N–H and O–H groups in total. The molecule has 0 fully saturated rings. The highest BCUT2D eigenvalue weighted by Crippen LogP contribution is 2.26. The Bertz CT molecular complexity index is 615. The van der Waals surface area contributed by atoms with Gasteiger partial charge < -0.3 is 15.6 Å². The van der Waals surface area contributed by atoms with Crippen LogP contribution in [0.25, 0.3) is 0 Å². The van der Waals surface area contributed by atoms with Crippen molar-refractivity contribution in [2.45, 2.75) is 13.0 Å². The lowest BCUT2D eigenvalue weighted by Crippen LogP contribution is -1.97. The second kappa shape index (κ2) is 6.71. The van der Waals surface area contributed by atoms with Gasteiger partial charge in [0.25, 0.3) is 0 Å². The van der Waals surface area contributed by atoms with Crippen LogP contribution in [0.15, 0.2) is 42.5 Å². The molecule has 102 valence electrons. The quantitative estimate of drug-likeness (QED) is 0.872. The molecule has 20 heavy (non-hydrogen) atoms. The highest BCUT2D eigenvalue weighted by molar-refractivity contribution is 5.47. The van der Waals surface area contributed by atoms with Gasteiger partial charge >= 0.3 is 0 Å². The first-order valence-electron chi connectivity index (χ1n) is 6.37. The Labute approximate surface area is 118 Å². The summed E-state index contributed by atoms with van der Waals surface area (Å²) in [6.45, 7) is 0.518. The maximum atomic E-state index is 9.13. The van der Waals surface area contributed by atoms with Gasteiger partial charge in [0.2, 0.25) is 0 Å². The van der Waals surface area contributed by atoms with Gasteiger partial charge in [0, 0.05) is 13.2 Å². The maximum Gasteiger partial charge on any atom is 0.145 e. The van der Waals surface area contributed by atoms with Crippen LogP contribution in [-0.2, 0) is 13.0 Å². The Balaban J connectivity index is 2.19. The molecule has 0 saturated heterocycles. The SMILES string of the molecule is N#Cc1cc(CN)ccc1Oc1ccc(CCO)cc1. The lowest BCUT2D eigenvalue weighted by molar-refractivity contribution is 0.299. The minimum Gasteiger partial charge on any atom is -0.456 e. The zero-order valence-electron chi connectivity index (χ0n) is 11.0. The first-order valence-corrected chi connectivity index (χ1v) is 6.37. The Morgan fingerprint density at radius 3 is 2.40 bits per heavy atom. The van der Waals surface area contributed by atoms with Crippen molar-refractivity contribution in [2.24, 2.45) is 5.73 Å². The topological polar surface area (TPSA) is 79.3 Å². The summed E-state index contributed by atoms with van der Waals surface area (Å²) in [4.78, 5) is 0. The number of nitrogens with zero attached hydrogens (tertiary/aromatic N) is 1. The molecular formula is C16H16N2O2. The molecule has 0 heterocycles. The van der Waals surface area contributed by atoms with Crippen molar-refractivity contribution in [3.63, 3.8) is 0 Å². The van der Waals surface area contributed by atoms with Crippen LogP contribution in [0.4, 0.5) is 0 Å². The van der Waals surface area contributed by atoms with Gasteiger partial charge in [-0.15, -0.1) is 0 Å². The molecule has 0 unspecified atom stereocenters. The third-order valence-corrected chi connectivity index (χ3v) is 2.95. The van der Waals surface area contributed by atoms with E-state index in [1.165, 1.54) is 0 Å². The van der Waals surface area contributed by atoms with Crippen LogP contribution in [0.1, 0.15) is 16.7 Å². The van der Waals surface area contributed by atoms with Crippen molar-refractivity contribution >= 4 is 0 Å². The number of aliphatic hydroxyl groups excluding tert-OH is 1. The van der Waals surface area contributed by atoms with Gasteiger partial charge in [-0.2, -0.15) is 5.26 Å². The molecule has 0 atom stereocenters. The zero-order valence-corrected chi connectivity index (χ0v) is 11.0. The van der Waals surface area contributed by atoms with E-state index in [1.54, 1.807) is 12.1 Å². The van der Waals surface area contributed by atoms with Crippen LogP contribution in [0, 0.1) is 11.3 Å². The standard InChI is InChI=1S/C16H16N2O2/c17-10-13-3-6-16(14(9-13)11-18)20-15-4-1-12(2-5-15)7-8-19/h1-6,9,19H,7-8,10,17H2. The Morgan fingerprint density at radius 1 is 1.10 bits per heavy atom. The summed E-state index contributed by atoms with van der Waals surface area (Å²) < 4.78 is 5.71. The summed E-state index contributed by atoms with van der Waals surface area (Å²) in [5.74, 6) is 1.17. The van der Waals surface area contributed by atoms with Gasteiger partial charge in [-0.05, 0) is 41.8 Å². The first kappa shape index (κ1) is 14.1. The number of hydrogen-bond donors (Lipinski definition) is 2. The Morgan fingerprint density at radius 2 is 1.80 bits per heavy atom. The first-order chi connectivity index (χ1) is 9.76. The number of hydrogen-bond acceptors (Lipinski definition) is 4. The van der Waals surface area contributed by atoms with Crippen molar-refractivity contribution in [1.29, 1.82) is 5.26 Å². The Hall–Kier alpha value is -2.35. The predicted molar refractivity (Wildman–Crippen MR) is 76.4 cm³/mol. The largest absolute Gasteiger partial charge is 0.456 e. The van der Waals surface area contributed by atoms with E-state index >= 15 is 0 Å². The van der Waals surface area contributed by atoms with Crippen molar-refractivity contribution in [1.82, 2.24) is 0 Å². The molecule has 4 heteroatoms. The number of aliphatic hydroxyl groups is 1. The second-order valence-corrected chi connectivity index (χ2v) is 4.37. The van der Waals surface area contributed by atoms with Crippen LogP contribution >= 0.6 is 0 Å². The van der Waals surface area contributed by atoms with Crippen LogP contribution in [0.2, 0.25) is 0 Å². The summed E-state index contributed by atoms with van der Waals surface area (Å²) in [6.07, 6.45) is 0.620. The third kappa shape index (κ3) is 3.35. The van der Waals surface area contributed by atoms with E-state index in [9.17, 15) is 0 Å². The molecule has 0 spiro atoms. The summed E-state index contributed by atoms with van der Waals surface area (Å²) in [7, 11) is 0. The molecule has 0 aliphatic rings. The second-order valence-electron chi connectivity index (χ2n) is 4.37. The molecular weight excluding hydrogens is 252 g/mol. The molecule has 0 amide bonds. The highest BCUT2D eigenvalue weighted by Gasteiger charge is 2.06. The smallest absolute Gasteiger partial charge is 0.145 e. The van der Waals surface area contributed by atoms with Crippen LogP contribution in [-0.4, -0.2) is 11.7 Å². The molecule has 0 saturated carbocycles. The Kier molecular flexibility index (Phi) is 4.72. The van der Waals surface area contributed by atoms with Crippen LogP contribution in [0.3, 0.4) is 0 Å². The number of ether oxygens (including phenoxy) is 1. The van der Waals surface area contributed by atoms with Crippen molar-refractivity contribution in [3.05, 3.63) is 59.2 Å². The lowest BCUT2D eigenvalue weighted by Gasteiger charge is -2.09. The maximum absolute atomic E-state index is 9.13. The predicted octanol–water partition coefficient (Wildman–Crippen LogP) is 2.34. The molecule has 0 bridgehead atoms. The fraction of sp³-hybridized carbons (Fsp3) is 0.188. The van der Waals surface area contributed by atoms with Crippen molar-refractivity contribution in [3.8, 4) is 17.6 Å². The van der Waals surface area contributed by atoms with Crippen LogP contribution in [0.5, 0.6) is 11.5 Å². The molecule has 2 aromatic rings. The lowest BCUT2D eigenvalue weighted by atomic mass is 10.1. The summed E-state index contributed by atoms with van der Waals surface area (Å²) in [5.41, 5.74) is 7.95. The van der Waals surface area contributed by atoms with E-state index in [0.717, 1.165) is 11.1 Å². The number of nitriles is 1. The number of rotatable bonds is 5. The third-order valence-electron chi connectivity index (χ3n) is 2.95. The normalized spacial score (nSPS) is 10.1. The summed E-state index contributed by atoms with van der Waals surface area (Å²) >= 11 is 0. The van der Waals surface area contributed by atoms with Gasteiger partial charge in [-0.25, -0.2) is 0 Å². The molecule has 4 nitrogen and oxygen atoms in total. The van der Waals surface area contributed by atoms with Crippen molar-refractivity contribution in [2.75, 3.05) is 6.61 Å². The minimum absolute atomic E-state index is 0.124. The molecule has 0 radical (unpaired) electrons. The fourth-order valence-electron chi connectivity index (χ4n) is 1.86. The fourth-order valence-corrected chi connectivity index (χ4v) is 1.86. The van der Waals surface area contributed by atoms with E-state index in [1.807, 2.05) is 30.3 Å². The van der Waals surface area contributed by atoms with E-state index in [0.29, 0.717) is 30.0 Å². The highest BCUT2D eigenvalue weighted by atomic mass is 16.5. The van der Waals surface area contributed by atoms with Crippen LogP contribution < -0.4 is 10.5 Å². The molecule has 0 aliphatic carbocycles. The monoisotopic (exact) mass is 268 g/mol. The number of nitrogens with two attached hydrogens (primary N) is 1. The van der Waals surface area contributed by atoms with Gasteiger partial charge in [0.05, 0.1) is 5.56 Å². The van der Waals surface area contributed by atoms with E-state index in [2.05, 4.69) is 6.07 Å². The van der Waals surface area contributed by atoms with E-state index < -0.39 is 0 Å². The molecule has 2 rings (SSSR count). The average molecular weight is 268 g/mol. The van der Waals surface area contributed by atoms with Gasteiger partial charge in [-0.1, -0.05) is 18.2 Å². The number of benzene rings is 2. The van der Waals surface area contributed by atoms with E-state index in [4.69, 9.17) is 20.8 Å². The minimum atomic E-state index is 0.124. The zero-order chi connectivity index (χ0) is 14.4. The summed E-state index contributed by atoms with van der Waals surface area (Å²) in [6, 6.07) is 14.9. The van der Waals surface area contributed by atoms with Gasteiger partial charge in [-0.3, -0.25) is 0 Å². The molecule has 0 aromatic heterocycles. The molecule has 2 aromatic carbocycles. The van der Waals surface area contributed by atoms with Crippen molar-refractivity contribution < 1.29 is 9.84 Å². The molecule has 0 aliphatic heterocycles. The summed E-state index contributed by atoms with van der Waals surface area (Å²) in [5, 5.41) is 18.0.